The first-order valence-corrected chi connectivity index (χ1v) is 2.53. The van der Waals surface area contributed by atoms with Crippen molar-refractivity contribution in [3.05, 3.63) is 0 Å². The third-order valence-electron chi connectivity index (χ3n) is 0.750. The van der Waals surface area contributed by atoms with Gasteiger partial charge in [0.25, 0.3) is 0 Å². The Labute approximate surface area is 43.4 Å². The summed E-state index contributed by atoms with van der Waals surface area (Å²) in [5.74, 6) is 0. The van der Waals surface area contributed by atoms with Gasteiger partial charge in [-0.1, -0.05) is 13.3 Å². The van der Waals surface area contributed by atoms with Crippen molar-refractivity contribution in [3.8, 4) is 0 Å². The summed E-state index contributed by atoms with van der Waals surface area (Å²) >= 11 is 0. The lowest BCUT2D eigenvalue weighted by Gasteiger charge is -1.76. The smallest absolute Gasteiger partial charge is 0.152 e. The first kappa shape index (κ1) is 6.47. The van der Waals surface area contributed by atoms with E-state index in [2.05, 4.69) is 11.5 Å². The van der Waals surface area contributed by atoms with Crippen molar-refractivity contribution in [1.29, 1.82) is 0 Å². The summed E-state index contributed by atoms with van der Waals surface area (Å²) < 4.78 is 3.72. The maximum atomic E-state index is 7.74. The van der Waals surface area contributed by atoms with Crippen LogP contribution in [0.4, 0.5) is 0 Å². The maximum absolute atomic E-state index is 7.74. The lowest BCUT2D eigenvalue weighted by molar-refractivity contribution is -0.734. The van der Waals surface area contributed by atoms with E-state index in [1.807, 2.05) is 0 Å². The molecule has 0 rings (SSSR count). The van der Waals surface area contributed by atoms with Crippen LogP contribution >= 0.6 is 0 Å². The second kappa shape index (κ2) is 5.47. The Hall–Kier alpha value is -0.530. The van der Waals surface area contributed by atoms with Crippen LogP contribution in [0.2, 0.25) is 0 Å². The van der Waals surface area contributed by atoms with E-state index >= 15 is 0 Å². The van der Waals surface area contributed by atoms with Gasteiger partial charge in [0.1, 0.15) is 0 Å². The molecule has 0 unspecified atom stereocenters. The third-order valence-corrected chi connectivity index (χ3v) is 0.750. The molecule has 0 heterocycles. The van der Waals surface area contributed by atoms with Crippen molar-refractivity contribution in [1.82, 2.24) is 0 Å². The number of carbonyl (C=O) groups excluding carboxylic acids is 1. The van der Waals surface area contributed by atoms with Gasteiger partial charge in [0, 0.05) is 4.58 Å². The van der Waals surface area contributed by atoms with E-state index in [-0.39, 0.29) is 0 Å². The Morgan fingerprint density at radius 2 is 2.43 bits per heavy atom. The van der Waals surface area contributed by atoms with Gasteiger partial charge >= 0.3 is 6.29 Å². The Kier molecular flexibility index (Phi) is 5.06. The van der Waals surface area contributed by atoms with Crippen LogP contribution in [0.15, 0.2) is 0 Å². The molecule has 0 atom stereocenters. The Morgan fingerprint density at radius 3 is 2.86 bits per heavy atom. The van der Waals surface area contributed by atoms with E-state index in [1.165, 1.54) is 6.29 Å². The minimum absolute atomic E-state index is 0.840. The van der Waals surface area contributed by atoms with Gasteiger partial charge in [0.2, 0.25) is 0 Å². The normalized spacial score (nSPS) is 10.4. The van der Waals surface area contributed by atoms with Gasteiger partial charge < -0.3 is 0 Å². The zero-order valence-corrected chi connectivity index (χ0v) is 4.55. The molecule has 0 radical (unpaired) electrons. The average molecular weight is 103 g/mol. The molecule has 42 valence electrons. The molecule has 2 nitrogen and oxygen atoms in total. The van der Waals surface area contributed by atoms with Crippen LogP contribution in [0.25, 0.3) is 0 Å². The fourth-order valence-electron chi connectivity index (χ4n) is 0.340. The molecule has 0 aromatic heterocycles. The lowest BCUT2D eigenvalue weighted by Crippen LogP contribution is -1.76. The largest absolute Gasteiger partial charge is 0.374 e. The predicted octanol–water partition coefficient (Wildman–Crippen LogP) is 1.38. The molecule has 0 saturated carbocycles. The van der Waals surface area contributed by atoms with E-state index in [4.69, 9.17) is 5.26 Å². The summed E-state index contributed by atoms with van der Waals surface area (Å²) in [4.78, 5) is 0. The quantitative estimate of drug-likeness (QED) is 0.189. The third kappa shape index (κ3) is 5.47. The van der Waals surface area contributed by atoms with Crippen LogP contribution in [-0.2, 0) is 4.58 Å². The van der Waals surface area contributed by atoms with Crippen molar-refractivity contribution in [2.75, 3.05) is 0 Å². The average Bonchev–Trinajstić information content (AvgIpc) is 1.69. The minimum atomic E-state index is 0.840. The van der Waals surface area contributed by atoms with Crippen molar-refractivity contribution >= 4 is 6.29 Å². The molecule has 0 aliphatic rings. The summed E-state index contributed by atoms with van der Waals surface area (Å²) in [6.07, 6.45) is 4.46. The Balaban J connectivity index is 2.69. The van der Waals surface area contributed by atoms with Crippen molar-refractivity contribution in [2.24, 2.45) is 0 Å². The number of unbranched alkanes of at least 4 members (excludes halogenated alkanes) is 2. The van der Waals surface area contributed by atoms with Gasteiger partial charge in [-0.15, -0.1) is 0 Å². The molecular formula is C5H11O2+. The van der Waals surface area contributed by atoms with Gasteiger partial charge in [-0.3, -0.25) is 0 Å². The zero-order chi connectivity index (χ0) is 5.54. The molecule has 0 fully saturated rings. The molecule has 7 heavy (non-hydrogen) atoms. The van der Waals surface area contributed by atoms with Gasteiger partial charge in [-0.25, -0.2) is 0 Å². The van der Waals surface area contributed by atoms with Crippen LogP contribution in [-0.4, -0.2) is 11.5 Å². The SMILES string of the molecule is CCCCC=[O+]O. The highest BCUT2D eigenvalue weighted by molar-refractivity contribution is 5.49. The van der Waals surface area contributed by atoms with Crippen LogP contribution in [0.3, 0.4) is 0 Å². The van der Waals surface area contributed by atoms with Crippen LogP contribution in [0.1, 0.15) is 26.2 Å². The maximum Gasteiger partial charge on any atom is 0.374 e. The highest BCUT2D eigenvalue weighted by Crippen LogP contribution is 1.87. The number of rotatable bonds is 3. The summed E-state index contributed by atoms with van der Waals surface area (Å²) in [5.41, 5.74) is 0. The minimum Gasteiger partial charge on any atom is -0.152 e. The zero-order valence-electron chi connectivity index (χ0n) is 4.55. The standard InChI is InChI=1S/C5H11O2/c1-2-3-4-5-7-6/h5-6H,2-4H2,1H3/q+1. The van der Waals surface area contributed by atoms with Gasteiger partial charge in [0.05, 0.1) is 6.42 Å². The fraction of sp³-hybridized carbons (Fsp3) is 0.800. The molecular weight excluding hydrogens is 92.1 g/mol. The first-order valence-electron chi connectivity index (χ1n) is 2.53. The molecule has 0 spiro atoms. The highest BCUT2D eigenvalue weighted by Gasteiger charge is 1.85. The van der Waals surface area contributed by atoms with E-state index in [0.717, 1.165) is 19.3 Å². The van der Waals surface area contributed by atoms with Crippen molar-refractivity contribution < 1.29 is 9.83 Å². The second-order valence-corrected chi connectivity index (χ2v) is 1.41. The molecule has 0 aliphatic heterocycles. The first-order chi connectivity index (χ1) is 3.41. The highest BCUT2D eigenvalue weighted by atomic mass is 17.1. The van der Waals surface area contributed by atoms with Gasteiger partial charge in [-0.05, 0) is 6.42 Å². The van der Waals surface area contributed by atoms with E-state index in [9.17, 15) is 0 Å². The molecule has 0 saturated heterocycles. The summed E-state index contributed by atoms with van der Waals surface area (Å²) in [5, 5.41) is 7.74. The predicted molar refractivity (Wildman–Crippen MR) is 28.2 cm³/mol. The van der Waals surface area contributed by atoms with Gasteiger partial charge in [0.15, 0.2) is 0 Å². The van der Waals surface area contributed by atoms with Gasteiger partial charge in [-0.2, -0.15) is 5.26 Å². The van der Waals surface area contributed by atoms with E-state index in [1.54, 1.807) is 0 Å². The Morgan fingerprint density at radius 1 is 1.71 bits per heavy atom. The molecule has 0 aliphatic carbocycles. The molecule has 0 aromatic carbocycles. The number of hydrogen-bond acceptors (Lipinski definition) is 1. The summed E-state index contributed by atoms with van der Waals surface area (Å²) in [7, 11) is 0. The lowest BCUT2D eigenvalue weighted by atomic mass is 10.3. The summed E-state index contributed by atoms with van der Waals surface area (Å²) in [6.45, 7) is 2.09. The fourth-order valence-corrected chi connectivity index (χ4v) is 0.340. The molecule has 1 N–H and O–H groups in total. The van der Waals surface area contributed by atoms with Crippen molar-refractivity contribution in [3.63, 3.8) is 0 Å². The van der Waals surface area contributed by atoms with Crippen LogP contribution in [0.5, 0.6) is 0 Å². The monoisotopic (exact) mass is 103 g/mol. The molecule has 0 aromatic rings. The van der Waals surface area contributed by atoms with Crippen molar-refractivity contribution in [2.45, 2.75) is 26.2 Å². The van der Waals surface area contributed by atoms with Crippen LogP contribution in [0, 0.1) is 0 Å². The van der Waals surface area contributed by atoms with Crippen LogP contribution < -0.4 is 0 Å². The molecule has 2 heteroatoms. The van der Waals surface area contributed by atoms with E-state index < -0.39 is 0 Å². The topological polar surface area (TPSA) is 31.5 Å². The Bertz CT molecular complexity index is 50.0. The number of hydrogen-bond donors (Lipinski definition) is 1. The summed E-state index contributed by atoms with van der Waals surface area (Å²) in [6, 6.07) is 0. The van der Waals surface area contributed by atoms with E-state index in [0.29, 0.717) is 0 Å². The molecule has 0 bridgehead atoms. The molecule has 0 amide bonds. The second-order valence-electron chi connectivity index (χ2n) is 1.41. The number of aldehydes is 1.